The number of rotatable bonds is 3. The quantitative estimate of drug-likeness (QED) is 0.836. The molecule has 17 heavy (non-hydrogen) atoms. The minimum absolute atomic E-state index is 0.0806. The van der Waals surface area contributed by atoms with E-state index in [9.17, 15) is 5.11 Å². The fraction of sp³-hybridized carbons (Fsp3) is 0.692. The van der Waals surface area contributed by atoms with E-state index in [4.69, 9.17) is 14.9 Å². The highest BCUT2D eigenvalue weighted by atomic mass is 16.5. The molecule has 1 aromatic heterocycles. The molecular formula is C13H19NO3. The molecule has 2 aliphatic rings. The monoisotopic (exact) mass is 237 g/mol. The lowest BCUT2D eigenvalue weighted by Gasteiger charge is -2.37. The van der Waals surface area contributed by atoms with Crippen LogP contribution in [-0.4, -0.2) is 23.9 Å². The van der Waals surface area contributed by atoms with Gasteiger partial charge in [-0.3, -0.25) is 0 Å². The Morgan fingerprint density at radius 2 is 2.41 bits per heavy atom. The number of aliphatic hydroxyl groups excluding tert-OH is 1. The van der Waals surface area contributed by atoms with Gasteiger partial charge in [-0.1, -0.05) is 0 Å². The van der Waals surface area contributed by atoms with Crippen molar-refractivity contribution < 1.29 is 14.3 Å². The van der Waals surface area contributed by atoms with E-state index < -0.39 is 6.10 Å². The molecule has 0 saturated carbocycles. The summed E-state index contributed by atoms with van der Waals surface area (Å²) in [5.74, 6) is 0.645. The van der Waals surface area contributed by atoms with Crippen LogP contribution in [-0.2, 0) is 4.74 Å². The first-order chi connectivity index (χ1) is 8.17. The van der Waals surface area contributed by atoms with Gasteiger partial charge in [0.1, 0.15) is 11.9 Å². The number of nitrogens with two attached hydrogens (primary N) is 1. The lowest BCUT2D eigenvalue weighted by atomic mass is 9.69. The molecule has 0 amide bonds. The molecule has 3 rings (SSSR count). The number of furan rings is 1. The fourth-order valence-electron chi connectivity index (χ4n) is 3.37. The van der Waals surface area contributed by atoms with E-state index in [0.717, 1.165) is 24.8 Å². The van der Waals surface area contributed by atoms with Gasteiger partial charge in [-0.25, -0.2) is 0 Å². The lowest BCUT2D eigenvalue weighted by molar-refractivity contribution is -0.0370. The third kappa shape index (κ3) is 1.48. The highest BCUT2D eigenvalue weighted by Crippen LogP contribution is 2.54. The molecule has 2 bridgehead atoms. The Morgan fingerprint density at radius 3 is 2.88 bits per heavy atom. The third-order valence-corrected chi connectivity index (χ3v) is 4.43. The van der Waals surface area contributed by atoms with Gasteiger partial charge in [-0.15, -0.1) is 0 Å². The normalized spacial score (nSPS) is 37.6. The van der Waals surface area contributed by atoms with E-state index in [-0.39, 0.29) is 17.6 Å². The molecule has 4 atom stereocenters. The molecular weight excluding hydrogens is 218 g/mol. The minimum atomic E-state index is -0.655. The van der Waals surface area contributed by atoms with Crippen molar-refractivity contribution in [2.75, 3.05) is 6.54 Å². The molecule has 4 unspecified atom stereocenters. The smallest absolute Gasteiger partial charge is 0.135 e. The summed E-state index contributed by atoms with van der Waals surface area (Å²) in [7, 11) is 0. The number of fused-ring (bicyclic) bond motifs is 2. The zero-order chi connectivity index (χ0) is 12.0. The maximum absolute atomic E-state index is 10.6. The van der Waals surface area contributed by atoms with E-state index in [0.29, 0.717) is 12.3 Å². The van der Waals surface area contributed by atoms with Crippen LogP contribution < -0.4 is 5.73 Å². The van der Waals surface area contributed by atoms with Crippen molar-refractivity contribution >= 4 is 0 Å². The highest BCUT2D eigenvalue weighted by Gasteiger charge is 2.56. The van der Waals surface area contributed by atoms with E-state index in [1.54, 1.807) is 6.26 Å². The van der Waals surface area contributed by atoms with Crippen LogP contribution in [0, 0.1) is 12.3 Å². The number of hydrogen-bond acceptors (Lipinski definition) is 4. The predicted molar refractivity (Wildman–Crippen MR) is 62.4 cm³/mol. The Kier molecular flexibility index (Phi) is 2.54. The van der Waals surface area contributed by atoms with Crippen LogP contribution in [0.15, 0.2) is 16.7 Å². The van der Waals surface area contributed by atoms with Crippen molar-refractivity contribution in [2.24, 2.45) is 11.1 Å². The number of ether oxygens (including phenoxy) is 1. The largest absolute Gasteiger partial charge is 0.466 e. The molecule has 1 aromatic rings. The Balaban J connectivity index is 1.94. The van der Waals surface area contributed by atoms with Crippen LogP contribution in [0.25, 0.3) is 0 Å². The second-order valence-electron chi connectivity index (χ2n) is 5.34. The number of aryl methyl sites for hydroxylation is 1. The van der Waals surface area contributed by atoms with E-state index in [2.05, 4.69) is 0 Å². The second-order valence-corrected chi connectivity index (χ2v) is 5.34. The molecule has 4 heteroatoms. The lowest BCUT2D eigenvalue weighted by Crippen LogP contribution is -2.44. The molecule has 2 fully saturated rings. The summed E-state index contributed by atoms with van der Waals surface area (Å²) < 4.78 is 11.3. The number of hydrogen-bond donors (Lipinski definition) is 2. The topological polar surface area (TPSA) is 68.6 Å². The molecule has 2 aliphatic heterocycles. The average molecular weight is 237 g/mol. The van der Waals surface area contributed by atoms with Crippen molar-refractivity contribution in [2.45, 2.75) is 44.5 Å². The third-order valence-electron chi connectivity index (χ3n) is 4.43. The van der Waals surface area contributed by atoms with Crippen LogP contribution >= 0.6 is 0 Å². The van der Waals surface area contributed by atoms with Crippen LogP contribution in [0.2, 0.25) is 0 Å². The van der Waals surface area contributed by atoms with Gasteiger partial charge in [0.25, 0.3) is 0 Å². The van der Waals surface area contributed by atoms with Crippen LogP contribution in [0.5, 0.6) is 0 Å². The van der Waals surface area contributed by atoms with Crippen molar-refractivity contribution in [3.63, 3.8) is 0 Å². The molecule has 0 radical (unpaired) electrons. The van der Waals surface area contributed by atoms with Crippen LogP contribution in [0.4, 0.5) is 0 Å². The molecule has 4 nitrogen and oxygen atoms in total. The van der Waals surface area contributed by atoms with Crippen LogP contribution in [0.1, 0.15) is 36.7 Å². The van der Waals surface area contributed by atoms with Crippen molar-refractivity contribution in [1.29, 1.82) is 0 Å². The maximum Gasteiger partial charge on any atom is 0.135 e. The van der Waals surface area contributed by atoms with Crippen molar-refractivity contribution in [1.82, 2.24) is 0 Å². The standard InChI is InChI=1S/C13H19NO3/c1-8-4-5-16-11(8)12(15)13(7-14)6-9-2-3-10(13)17-9/h4-5,9-10,12,15H,2-3,6-7,14H2,1H3. The Labute approximate surface area is 101 Å². The molecule has 3 heterocycles. The van der Waals surface area contributed by atoms with E-state index in [1.807, 2.05) is 13.0 Å². The summed E-state index contributed by atoms with van der Waals surface area (Å²) in [5, 5.41) is 10.6. The highest BCUT2D eigenvalue weighted by molar-refractivity contribution is 5.21. The summed E-state index contributed by atoms with van der Waals surface area (Å²) in [5.41, 5.74) is 6.55. The Bertz CT molecular complexity index is 417. The molecule has 0 aliphatic carbocycles. The van der Waals surface area contributed by atoms with Gasteiger partial charge >= 0.3 is 0 Å². The van der Waals surface area contributed by atoms with Crippen LogP contribution in [0.3, 0.4) is 0 Å². The SMILES string of the molecule is Cc1ccoc1C(O)C1(CN)CC2CCC1O2. The predicted octanol–water partition coefficient (Wildman–Crippen LogP) is 1.52. The van der Waals surface area contributed by atoms with Gasteiger partial charge in [0.05, 0.1) is 18.5 Å². The van der Waals surface area contributed by atoms with Gasteiger partial charge in [-0.2, -0.15) is 0 Å². The molecule has 94 valence electrons. The molecule has 0 spiro atoms. The van der Waals surface area contributed by atoms with Gasteiger partial charge in [0, 0.05) is 12.0 Å². The fourth-order valence-corrected chi connectivity index (χ4v) is 3.37. The van der Waals surface area contributed by atoms with Gasteiger partial charge in [0.15, 0.2) is 0 Å². The summed E-state index contributed by atoms with van der Waals surface area (Å²) in [6.07, 6.45) is 4.25. The minimum Gasteiger partial charge on any atom is -0.466 e. The van der Waals surface area contributed by atoms with E-state index >= 15 is 0 Å². The Hall–Kier alpha value is -0.840. The maximum atomic E-state index is 10.6. The summed E-state index contributed by atoms with van der Waals surface area (Å²) in [6, 6.07) is 1.87. The zero-order valence-corrected chi connectivity index (χ0v) is 10.1. The van der Waals surface area contributed by atoms with Gasteiger partial charge in [-0.05, 0) is 37.8 Å². The Morgan fingerprint density at radius 1 is 1.59 bits per heavy atom. The first kappa shape index (κ1) is 11.3. The summed E-state index contributed by atoms with van der Waals surface area (Å²) in [6.45, 7) is 2.38. The summed E-state index contributed by atoms with van der Waals surface area (Å²) >= 11 is 0. The first-order valence-electron chi connectivity index (χ1n) is 6.25. The molecule has 2 saturated heterocycles. The molecule has 0 aromatic carbocycles. The molecule has 3 N–H and O–H groups in total. The average Bonchev–Trinajstić information content (AvgIpc) is 3.02. The van der Waals surface area contributed by atoms with Crippen molar-refractivity contribution in [3.05, 3.63) is 23.7 Å². The summed E-state index contributed by atoms with van der Waals surface area (Å²) in [4.78, 5) is 0. The van der Waals surface area contributed by atoms with Crippen molar-refractivity contribution in [3.8, 4) is 0 Å². The zero-order valence-electron chi connectivity index (χ0n) is 10.1. The van der Waals surface area contributed by atoms with E-state index in [1.165, 1.54) is 0 Å². The van der Waals surface area contributed by atoms with Gasteiger partial charge in [0.2, 0.25) is 0 Å². The van der Waals surface area contributed by atoms with Gasteiger partial charge < -0.3 is 20.0 Å². The number of aliphatic hydroxyl groups is 1. The second kappa shape index (κ2) is 3.83. The first-order valence-corrected chi connectivity index (χ1v) is 6.25.